The largest absolute Gasteiger partial charge is 0.361 e. The summed E-state index contributed by atoms with van der Waals surface area (Å²) >= 11 is 0. The smallest absolute Gasteiger partial charge is 0.253 e. The van der Waals surface area contributed by atoms with E-state index in [-0.39, 0.29) is 5.91 Å². The minimum Gasteiger partial charge on any atom is -0.361 e. The molecule has 3 nitrogen and oxygen atoms in total. The summed E-state index contributed by atoms with van der Waals surface area (Å²) in [7, 11) is 0. The molecule has 1 amide bonds. The van der Waals surface area contributed by atoms with Gasteiger partial charge in [0.1, 0.15) is 0 Å². The Hall–Kier alpha value is -1.77. The number of fused-ring (bicyclic) bond motifs is 1. The number of aromatic nitrogens is 1. The van der Waals surface area contributed by atoms with Gasteiger partial charge in [0, 0.05) is 17.6 Å². The summed E-state index contributed by atoms with van der Waals surface area (Å²) in [5.74, 6) is 0.859. The quantitative estimate of drug-likeness (QED) is 0.857. The summed E-state index contributed by atoms with van der Waals surface area (Å²) in [5.41, 5.74) is 2.83. The van der Waals surface area contributed by atoms with Crippen LogP contribution in [-0.4, -0.2) is 16.9 Å². The van der Waals surface area contributed by atoms with Crippen molar-refractivity contribution in [3.8, 4) is 0 Å². The zero-order valence-electron chi connectivity index (χ0n) is 12.2. The van der Waals surface area contributed by atoms with Crippen molar-refractivity contribution < 1.29 is 4.79 Å². The second-order valence-corrected chi connectivity index (χ2v) is 6.18. The van der Waals surface area contributed by atoms with Crippen molar-refractivity contribution >= 4 is 16.8 Å². The van der Waals surface area contributed by atoms with Crippen molar-refractivity contribution in [2.75, 3.05) is 0 Å². The summed E-state index contributed by atoms with van der Waals surface area (Å²) in [5, 5.41) is 4.31. The Morgan fingerprint density at radius 3 is 2.75 bits per heavy atom. The normalized spacial score (nSPS) is 22.9. The van der Waals surface area contributed by atoms with Crippen LogP contribution >= 0.6 is 0 Å². The Labute approximate surface area is 119 Å². The molecule has 20 heavy (non-hydrogen) atoms. The van der Waals surface area contributed by atoms with Crippen LogP contribution in [0.2, 0.25) is 0 Å². The maximum absolute atomic E-state index is 12.5. The Balaban J connectivity index is 1.80. The first kappa shape index (κ1) is 13.2. The van der Waals surface area contributed by atoms with Gasteiger partial charge in [0.25, 0.3) is 5.91 Å². The van der Waals surface area contributed by atoms with Crippen LogP contribution in [0.25, 0.3) is 10.9 Å². The summed E-state index contributed by atoms with van der Waals surface area (Å²) in [6, 6.07) is 6.43. The predicted octanol–water partition coefficient (Wildman–Crippen LogP) is 3.78. The Morgan fingerprint density at radius 1 is 1.25 bits per heavy atom. The molecule has 0 aliphatic heterocycles. The molecule has 0 spiro atoms. The van der Waals surface area contributed by atoms with Crippen LogP contribution in [-0.2, 0) is 0 Å². The molecular formula is C17H22N2O. The van der Waals surface area contributed by atoms with E-state index in [2.05, 4.69) is 23.3 Å². The number of aryl methyl sites for hydroxylation is 1. The fourth-order valence-electron chi connectivity index (χ4n) is 3.17. The molecule has 1 aromatic carbocycles. The van der Waals surface area contributed by atoms with Gasteiger partial charge in [-0.3, -0.25) is 4.79 Å². The molecule has 0 saturated heterocycles. The summed E-state index contributed by atoms with van der Waals surface area (Å²) in [6.07, 6.45) is 6.54. The number of nitrogens with one attached hydrogen (secondary N) is 2. The molecule has 0 unspecified atom stereocenters. The summed E-state index contributed by atoms with van der Waals surface area (Å²) in [6.45, 7) is 4.33. The fraction of sp³-hybridized carbons (Fsp3) is 0.471. The monoisotopic (exact) mass is 270 g/mol. The standard InChI is InChI=1S/C17H22N2O/c1-11-3-5-14(6-4-11)19-17(20)15-10-12(2)9-13-7-8-18-16(13)15/h7-11,14,18H,3-6H2,1-2H3,(H,19,20). The third-order valence-electron chi connectivity index (χ3n) is 4.40. The van der Waals surface area contributed by atoms with E-state index in [4.69, 9.17) is 0 Å². The number of hydrogen-bond acceptors (Lipinski definition) is 1. The maximum atomic E-state index is 12.5. The SMILES string of the molecule is Cc1cc(C(=O)NC2CCC(C)CC2)c2[nH]ccc2c1. The minimum atomic E-state index is 0.0562. The lowest BCUT2D eigenvalue weighted by Gasteiger charge is -2.27. The molecule has 1 aliphatic carbocycles. The number of H-pyrrole nitrogens is 1. The second kappa shape index (κ2) is 5.31. The van der Waals surface area contributed by atoms with Crippen LogP contribution in [0.4, 0.5) is 0 Å². The van der Waals surface area contributed by atoms with Gasteiger partial charge in [-0.15, -0.1) is 0 Å². The van der Waals surface area contributed by atoms with Crippen molar-refractivity contribution in [1.29, 1.82) is 0 Å². The number of amides is 1. The zero-order valence-corrected chi connectivity index (χ0v) is 12.2. The summed E-state index contributed by atoms with van der Waals surface area (Å²) in [4.78, 5) is 15.7. The average molecular weight is 270 g/mol. The van der Waals surface area contributed by atoms with E-state index in [0.717, 1.165) is 40.8 Å². The van der Waals surface area contributed by atoms with Gasteiger partial charge in [-0.25, -0.2) is 0 Å². The molecule has 2 aromatic rings. The first-order chi connectivity index (χ1) is 9.63. The highest BCUT2D eigenvalue weighted by atomic mass is 16.1. The molecule has 106 valence electrons. The van der Waals surface area contributed by atoms with Gasteiger partial charge in [-0.05, 0) is 62.3 Å². The maximum Gasteiger partial charge on any atom is 0.253 e. The van der Waals surface area contributed by atoms with E-state index < -0.39 is 0 Å². The molecule has 1 heterocycles. The van der Waals surface area contributed by atoms with Gasteiger partial charge in [0.05, 0.1) is 11.1 Å². The van der Waals surface area contributed by atoms with Crippen LogP contribution in [0.1, 0.15) is 48.5 Å². The van der Waals surface area contributed by atoms with Gasteiger partial charge in [-0.1, -0.05) is 6.92 Å². The highest BCUT2D eigenvalue weighted by Gasteiger charge is 2.21. The third kappa shape index (κ3) is 2.58. The van der Waals surface area contributed by atoms with E-state index in [1.165, 1.54) is 12.8 Å². The Bertz CT molecular complexity index is 621. The van der Waals surface area contributed by atoms with Gasteiger partial charge >= 0.3 is 0 Å². The van der Waals surface area contributed by atoms with Crippen LogP contribution in [0, 0.1) is 12.8 Å². The van der Waals surface area contributed by atoms with Gasteiger partial charge in [-0.2, -0.15) is 0 Å². The first-order valence-electron chi connectivity index (χ1n) is 7.52. The lowest BCUT2D eigenvalue weighted by Crippen LogP contribution is -2.37. The number of carbonyl (C=O) groups is 1. The van der Waals surface area contributed by atoms with Gasteiger partial charge in [0.2, 0.25) is 0 Å². The molecule has 1 aromatic heterocycles. The van der Waals surface area contributed by atoms with E-state index in [9.17, 15) is 4.79 Å². The zero-order chi connectivity index (χ0) is 14.1. The minimum absolute atomic E-state index is 0.0562. The number of aromatic amines is 1. The highest BCUT2D eigenvalue weighted by Crippen LogP contribution is 2.25. The van der Waals surface area contributed by atoms with Crippen LogP contribution < -0.4 is 5.32 Å². The van der Waals surface area contributed by atoms with Crippen LogP contribution in [0.3, 0.4) is 0 Å². The molecular weight excluding hydrogens is 248 g/mol. The first-order valence-corrected chi connectivity index (χ1v) is 7.52. The van der Waals surface area contributed by atoms with Crippen molar-refractivity contribution in [3.05, 3.63) is 35.5 Å². The molecule has 0 bridgehead atoms. The van der Waals surface area contributed by atoms with Crippen molar-refractivity contribution in [2.45, 2.75) is 45.6 Å². The van der Waals surface area contributed by atoms with Crippen LogP contribution in [0.15, 0.2) is 24.4 Å². The van der Waals surface area contributed by atoms with Gasteiger partial charge < -0.3 is 10.3 Å². The van der Waals surface area contributed by atoms with Gasteiger partial charge in [0.15, 0.2) is 0 Å². The number of carbonyl (C=O) groups excluding carboxylic acids is 1. The molecule has 1 fully saturated rings. The number of benzene rings is 1. The topological polar surface area (TPSA) is 44.9 Å². The third-order valence-corrected chi connectivity index (χ3v) is 4.40. The Morgan fingerprint density at radius 2 is 2.00 bits per heavy atom. The molecule has 3 heteroatoms. The fourth-order valence-corrected chi connectivity index (χ4v) is 3.17. The van der Waals surface area contributed by atoms with E-state index in [0.29, 0.717) is 6.04 Å². The molecule has 0 radical (unpaired) electrons. The predicted molar refractivity (Wildman–Crippen MR) is 81.9 cm³/mol. The van der Waals surface area contributed by atoms with E-state index in [1.54, 1.807) is 0 Å². The lowest BCUT2D eigenvalue weighted by atomic mass is 9.87. The second-order valence-electron chi connectivity index (χ2n) is 6.18. The molecule has 1 saturated carbocycles. The molecule has 0 atom stereocenters. The van der Waals surface area contributed by atoms with Crippen molar-refractivity contribution in [1.82, 2.24) is 10.3 Å². The number of rotatable bonds is 2. The van der Waals surface area contributed by atoms with Crippen molar-refractivity contribution in [2.24, 2.45) is 5.92 Å². The van der Waals surface area contributed by atoms with E-state index >= 15 is 0 Å². The average Bonchev–Trinajstić information content (AvgIpc) is 2.88. The van der Waals surface area contributed by atoms with Crippen molar-refractivity contribution in [3.63, 3.8) is 0 Å². The van der Waals surface area contributed by atoms with Crippen LogP contribution in [0.5, 0.6) is 0 Å². The molecule has 2 N–H and O–H groups in total. The Kier molecular flexibility index (Phi) is 3.51. The molecule has 3 rings (SSSR count). The summed E-state index contributed by atoms with van der Waals surface area (Å²) < 4.78 is 0. The highest BCUT2D eigenvalue weighted by molar-refractivity contribution is 6.06. The lowest BCUT2D eigenvalue weighted by molar-refractivity contribution is 0.0924. The van der Waals surface area contributed by atoms with E-state index in [1.807, 2.05) is 25.3 Å². The number of hydrogen-bond donors (Lipinski definition) is 2. The molecule has 1 aliphatic rings.